The first-order chi connectivity index (χ1) is 13.3. The lowest BCUT2D eigenvalue weighted by Crippen LogP contribution is -2.27. The summed E-state index contributed by atoms with van der Waals surface area (Å²) >= 11 is 0. The van der Waals surface area contributed by atoms with Crippen LogP contribution in [0.4, 0.5) is 0 Å². The van der Waals surface area contributed by atoms with Crippen molar-refractivity contribution in [2.24, 2.45) is 0 Å². The summed E-state index contributed by atoms with van der Waals surface area (Å²) in [4.78, 5) is 13.2. The van der Waals surface area contributed by atoms with E-state index in [1.54, 1.807) is 12.1 Å². The summed E-state index contributed by atoms with van der Waals surface area (Å²) in [6.07, 6.45) is -0.764. The van der Waals surface area contributed by atoms with E-state index in [-0.39, 0.29) is 5.78 Å². The van der Waals surface area contributed by atoms with Crippen LogP contribution in [0.5, 0.6) is 0 Å². The first kappa shape index (κ1) is 16.8. The van der Waals surface area contributed by atoms with E-state index in [4.69, 9.17) is 4.74 Å². The number of carbonyl (C=O) groups excluding carboxylic acids is 1. The molecule has 3 aromatic rings. The predicted octanol–water partition coefficient (Wildman–Crippen LogP) is 4.99. The number of Topliss-reactive ketones (excluding diaryl/α,β-unsaturated/α-hetero) is 1. The fourth-order valence-electron chi connectivity index (χ4n) is 3.46. The van der Waals surface area contributed by atoms with Crippen molar-refractivity contribution in [3.8, 4) is 6.07 Å². The van der Waals surface area contributed by atoms with Gasteiger partial charge in [0, 0.05) is 11.1 Å². The Hall–Kier alpha value is -3.64. The Morgan fingerprint density at radius 3 is 1.96 bits per heavy atom. The zero-order chi connectivity index (χ0) is 18.6. The summed E-state index contributed by atoms with van der Waals surface area (Å²) in [5, 5.41) is 9.90. The summed E-state index contributed by atoms with van der Waals surface area (Å²) in [5.74, 6) is -0.0662. The third-order valence-electron chi connectivity index (χ3n) is 4.74. The average molecular weight is 351 g/mol. The molecule has 0 fully saturated rings. The number of ether oxygens (including phenoxy) is 1. The van der Waals surface area contributed by atoms with Gasteiger partial charge in [-0.1, -0.05) is 91.0 Å². The van der Waals surface area contributed by atoms with Gasteiger partial charge in [-0.25, -0.2) is 0 Å². The van der Waals surface area contributed by atoms with E-state index in [0.717, 1.165) is 11.1 Å². The highest BCUT2D eigenvalue weighted by molar-refractivity contribution is 6.02. The molecule has 0 aliphatic carbocycles. The SMILES string of the molecule is N#CC1=C(c2ccccc2)O[C@@H](C(=O)c2ccccc2)[C@@H]1c1ccccc1. The van der Waals surface area contributed by atoms with Crippen molar-refractivity contribution < 1.29 is 9.53 Å². The van der Waals surface area contributed by atoms with Crippen LogP contribution < -0.4 is 0 Å². The average Bonchev–Trinajstić information content (AvgIpc) is 3.14. The number of ketones is 1. The number of hydrogen-bond acceptors (Lipinski definition) is 3. The molecule has 0 aromatic heterocycles. The Labute approximate surface area is 158 Å². The number of nitrogens with zero attached hydrogens (tertiary/aromatic N) is 1. The van der Waals surface area contributed by atoms with Gasteiger partial charge in [-0.3, -0.25) is 4.79 Å². The molecule has 130 valence electrons. The molecule has 0 amide bonds. The molecule has 1 aliphatic rings. The smallest absolute Gasteiger partial charge is 0.204 e. The lowest BCUT2D eigenvalue weighted by molar-refractivity contribution is 0.0754. The fourth-order valence-corrected chi connectivity index (χ4v) is 3.46. The Bertz CT molecular complexity index is 1020. The maximum Gasteiger partial charge on any atom is 0.204 e. The molecule has 0 N–H and O–H groups in total. The van der Waals surface area contributed by atoms with Crippen LogP contribution in [0.2, 0.25) is 0 Å². The lowest BCUT2D eigenvalue weighted by atomic mass is 9.84. The van der Waals surface area contributed by atoms with E-state index in [1.165, 1.54) is 0 Å². The van der Waals surface area contributed by atoms with Crippen LogP contribution in [0, 0.1) is 11.3 Å². The van der Waals surface area contributed by atoms with Crippen molar-refractivity contribution in [3.05, 3.63) is 113 Å². The maximum atomic E-state index is 13.2. The van der Waals surface area contributed by atoms with Crippen LogP contribution >= 0.6 is 0 Å². The van der Waals surface area contributed by atoms with Gasteiger partial charge in [-0.2, -0.15) is 5.26 Å². The second-order valence-electron chi connectivity index (χ2n) is 6.38. The van der Waals surface area contributed by atoms with Crippen LogP contribution in [0.3, 0.4) is 0 Å². The molecular weight excluding hydrogens is 334 g/mol. The number of rotatable bonds is 4. The van der Waals surface area contributed by atoms with Gasteiger partial charge in [0.15, 0.2) is 6.10 Å². The van der Waals surface area contributed by atoms with Crippen molar-refractivity contribution in [2.45, 2.75) is 12.0 Å². The molecule has 3 heteroatoms. The quantitative estimate of drug-likeness (QED) is 0.623. The molecule has 0 bridgehead atoms. The normalized spacial score (nSPS) is 18.6. The molecule has 0 radical (unpaired) electrons. The van der Waals surface area contributed by atoms with Gasteiger partial charge in [-0.15, -0.1) is 0 Å². The number of hydrogen-bond donors (Lipinski definition) is 0. The highest BCUT2D eigenvalue weighted by Gasteiger charge is 2.43. The van der Waals surface area contributed by atoms with Crippen molar-refractivity contribution >= 4 is 11.5 Å². The Morgan fingerprint density at radius 1 is 0.815 bits per heavy atom. The monoisotopic (exact) mass is 351 g/mol. The van der Waals surface area contributed by atoms with Gasteiger partial charge in [0.05, 0.1) is 17.6 Å². The minimum Gasteiger partial charge on any atom is -0.480 e. The molecule has 3 aromatic carbocycles. The predicted molar refractivity (Wildman–Crippen MR) is 104 cm³/mol. The summed E-state index contributed by atoms with van der Waals surface area (Å²) in [6, 6.07) is 30.5. The Kier molecular flexibility index (Phi) is 4.55. The van der Waals surface area contributed by atoms with Gasteiger partial charge < -0.3 is 4.74 Å². The molecule has 2 atom stereocenters. The molecule has 1 aliphatic heterocycles. The molecule has 0 saturated heterocycles. The van der Waals surface area contributed by atoms with Crippen LogP contribution in [-0.2, 0) is 4.74 Å². The molecule has 0 saturated carbocycles. The molecule has 1 heterocycles. The first-order valence-electron chi connectivity index (χ1n) is 8.80. The molecular formula is C24H17NO2. The van der Waals surface area contributed by atoms with E-state index in [9.17, 15) is 10.1 Å². The minimum atomic E-state index is -0.764. The van der Waals surface area contributed by atoms with Crippen molar-refractivity contribution in [1.82, 2.24) is 0 Å². The van der Waals surface area contributed by atoms with Gasteiger partial charge in [0.25, 0.3) is 0 Å². The molecule has 0 unspecified atom stereocenters. The van der Waals surface area contributed by atoms with E-state index in [1.807, 2.05) is 78.9 Å². The zero-order valence-electron chi connectivity index (χ0n) is 14.6. The second-order valence-corrected chi connectivity index (χ2v) is 6.38. The third-order valence-corrected chi connectivity index (χ3v) is 4.74. The van der Waals surface area contributed by atoms with Crippen LogP contribution in [-0.4, -0.2) is 11.9 Å². The van der Waals surface area contributed by atoms with Gasteiger partial charge >= 0.3 is 0 Å². The van der Waals surface area contributed by atoms with E-state index >= 15 is 0 Å². The lowest BCUT2D eigenvalue weighted by Gasteiger charge is -2.19. The largest absolute Gasteiger partial charge is 0.480 e. The molecule has 3 nitrogen and oxygen atoms in total. The summed E-state index contributed by atoms with van der Waals surface area (Å²) in [6.45, 7) is 0. The highest BCUT2D eigenvalue weighted by Crippen LogP contribution is 2.43. The third kappa shape index (κ3) is 3.14. The standard InChI is InChI=1S/C24H17NO2/c25-16-20-21(17-10-4-1-5-11-17)24(22(26)18-12-6-2-7-13-18)27-23(20)19-14-8-3-9-15-19/h1-15,21,24H/t21-,24-/m1/s1. The second kappa shape index (κ2) is 7.31. The van der Waals surface area contributed by atoms with Crippen molar-refractivity contribution in [2.75, 3.05) is 0 Å². The van der Waals surface area contributed by atoms with E-state index < -0.39 is 12.0 Å². The van der Waals surface area contributed by atoms with Gasteiger partial charge in [-0.05, 0) is 5.56 Å². The van der Waals surface area contributed by atoms with Crippen molar-refractivity contribution in [3.63, 3.8) is 0 Å². The molecule has 0 spiro atoms. The Morgan fingerprint density at radius 2 is 1.37 bits per heavy atom. The first-order valence-corrected chi connectivity index (χ1v) is 8.80. The van der Waals surface area contributed by atoms with Gasteiger partial charge in [0.1, 0.15) is 5.76 Å². The van der Waals surface area contributed by atoms with Crippen LogP contribution in [0.1, 0.15) is 27.4 Å². The minimum absolute atomic E-state index is 0.122. The van der Waals surface area contributed by atoms with E-state index in [0.29, 0.717) is 16.9 Å². The summed E-state index contributed by atoms with van der Waals surface area (Å²) in [5.41, 5.74) is 2.77. The van der Waals surface area contributed by atoms with Crippen LogP contribution in [0.15, 0.2) is 96.6 Å². The summed E-state index contributed by atoms with van der Waals surface area (Å²) < 4.78 is 6.14. The number of carbonyl (C=O) groups is 1. The Balaban J connectivity index is 1.83. The van der Waals surface area contributed by atoms with Crippen LogP contribution in [0.25, 0.3) is 5.76 Å². The summed E-state index contributed by atoms with van der Waals surface area (Å²) in [7, 11) is 0. The van der Waals surface area contributed by atoms with E-state index in [2.05, 4.69) is 6.07 Å². The number of benzene rings is 3. The number of nitriles is 1. The maximum absolute atomic E-state index is 13.2. The van der Waals surface area contributed by atoms with Gasteiger partial charge in [0.2, 0.25) is 5.78 Å². The zero-order valence-corrected chi connectivity index (χ0v) is 14.6. The highest BCUT2D eigenvalue weighted by atomic mass is 16.5. The molecule has 27 heavy (non-hydrogen) atoms. The fraction of sp³-hybridized carbons (Fsp3) is 0.0833. The molecule has 4 rings (SSSR count). The topological polar surface area (TPSA) is 50.1 Å². The van der Waals surface area contributed by atoms with Crippen molar-refractivity contribution in [1.29, 1.82) is 5.26 Å².